The maximum absolute atomic E-state index is 12.9. The second-order valence-corrected chi connectivity index (χ2v) is 5.14. The molecule has 1 fully saturated rings. The van der Waals surface area contributed by atoms with Crippen LogP contribution in [0.25, 0.3) is 0 Å². The standard InChI is InChI=1S/C13H11F6N3/c14-12(15,16)7-22(6-8-1-2-8)9-3-10(13(17,18)19)11(4-20)21-5-9/h3,5,8H,1-2,6-7H2. The monoisotopic (exact) mass is 323 g/mol. The number of hydrogen-bond acceptors (Lipinski definition) is 3. The highest BCUT2D eigenvalue weighted by Crippen LogP contribution is 2.36. The van der Waals surface area contributed by atoms with Crippen molar-refractivity contribution in [2.75, 3.05) is 18.0 Å². The topological polar surface area (TPSA) is 39.9 Å². The van der Waals surface area contributed by atoms with Gasteiger partial charge in [-0.1, -0.05) is 0 Å². The molecule has 1 heterocycles. The molecule has 3 nitrogen and oxygen atoms in total. The van der Waals surface area contributed by atoms with Crippen LogP contribution in [0.2, 0.25) is 0 Å². The van der Waals surface area contributed by atoms with Crippen molar-refractivity contribution in [1.82, 2.24) is 4.98 Å². The van der Waals surface area contributed by atoms with E-state index < -0.39 is 30.2 Å². The summed E-state index contributed by atoms with van der Waals surface area (Å²) >= 11 is 0. The van der Waals surface area contributed by atoms with Gasteiger partial charge in [0, 0.05) is 6.54 Å². The van der Waals surface area contributed by atoms with Gasteiger partial charge in [-0.3, -0.25) is 0 Å². The van der Waals surface area contributed by atoms with E-state index in [1.165, 1.54) is 6.07 Å². The predicted molar refractivity (Wildman–Crippen MR) is 64.9 cm³/mol. The van der Waals surface area contributed by atoms with E-state index in [1.54, 1.807) is 0 Å². The number of halogens is 6. The lowest BCUT2D eigenvalue weighted by Crippen LogP contribution is -2.36. The molecule has 0 atom stereocenters. The van der Waals surface area contributed by atoms with Gasteiger partial charge in [0.05, 0.1) is 17.4 Å². The van der Waals surface area contributed by atoms with Crippen LogP contribution < -0.4 is 4.90 Å². The van der Waals surface area contributed by atoms with Crippen molar-refractivity contribution in [2.24, 2.45) is 5.92 Å². The largest absolute Gasteiger partial charge is 0.419 e. The van der Waals surface area contributed by atoms with Crippen molar-refractivity contribution in [3.05, 3.63) is 23.5 Å². The fraction of sp³-hybridized carbons (Fsp3) is 0.538. The summed E-state index contributed by atoms with van der Waals surface area (Å²) < 4.78 is 76.4. The zero-order valence-electron chi connectivity index (χ0n) is 11.2. The number of nitrogens with zero attached hydrogens (tertiary/aromatic N) is 3. The molecule has 9 heteroatoms. The number of anilines is 1. The first-order valence-corrected chi connectivity index (χ1v) is 6.39. The van der Waals surface area contributed by atoms with Crippen LogP contribution >= 0.6 is 0 Å². The van der Waals surface area contributed by atoms with Gasteiger partial charge in [-0.2, -0.15) is 31.6 Å². The highest BCUT2D eigenvalue weighted by molar-refractivity contribution is 5.51. The van der Waals surface area contributed by atoms with Gasteiger partial charge in [0.25, 0.3) is 0 Å². The Morgan fingerprint density at radius 1 is 1.23 bits per heavy atom. The summed E-state index contributed by atoms with van der Waals surface area (Å²) in [5.41, 5.74) is -2.46. The van der Waals surface area contributed by atoms with E-state index in [2.05, 4.69) is 4.98 Å². The van der Waals surface area contributed by atoms with Crippen molar-refractivity contribution < 1.29 is 26.3 Å². The van der Waals surface area contributed by atoms with Gasteiger partial charge in [-0.25, -0.2) is 4.98 Å². The Balaban J connectivity index is 2.36. The lowest BCUT2D eigenvalue weighted by molar-refractivity contribution is -0.138. The van der Waals surface area contributed by atoms with Crippen LogP contribution in [0.15, 0.2) is 12.3 Å². The summed E-state index contributed by atoms with van der Waals surface area (Å²) in [4.78, 5) is 4.19. The smallest absolute Gasteiger partial charge is 0.361 e. The lowest BCUT2D eigenvalue weighted by atomic mass is 10.1. The molecular weight excluding hydrogens is 312 g/mol. The van der Waals surface area contributed by atoms with E-state index in [1.807, 2.05) is 0 Å². The molecule has 0 spiro atoms. The summed E-state index contributed by atoms with van der Waals surface area (Å²) in [6, 6.07) is 1.85. The van der Waals surface area contributed by atoms with Gasteiger partial charge in [0.15, 0.2) is 5.69 Å². The van der Waals surface area contributed by atoms with Crippen LogP contribution in [0.1, 0.15) is 24.1 Å². The Bertz CT molecular complexity index is 583. The SMILES string of the molecule is N#Cc1ncc(N(CC2CC2)CC(F)(F)F)cc1C(F)(F)F. The first-order chi connectivity index (χ1) is 10.1. The zero-order chi connectivity index (χ0) is 16.5. The molecule has 22 heavy (non-hydrogen) atoms. The minimum absolute atomic E-state index is 0.0182. The second-order valence-electron chi connectivity index (χ2n) is 5.14. The van der Waals surface area contributed by atoms with E-state index >= 15 is 0 Å². The average Bonchev–Trinajstić information content (AvgIpc) is 3.18. The molecule has 1 saturated carbocycles. The lowest BCUT2D eigenvalue weighted by Gasteiger charge is -2.26. The summed E-state index contributed by atoms with van der Waals surface area (Å²) in [5.74, 6) is 0.0485. The minimum Gasteiger partial charge on any atom is -0.361 e. The number of hydrogen-bond donors (Lipinski definition) is 0. The summed E-state index contributed by atoms with van der Waals surface area (Å²) in [7, 11) is 0. The van der Waals surface area contributed by atoms with Crippen molar-refractivity contribution in [3.8, 4) is 6.07 Å². The summed E-state index contributed by atoms with van der Waals surface area (Å²) in [6.07, 6.45) is -7.00. The molecule has 0 aliphatic heterocycles. The van der Waals surface area contributed by atoms with Crippen molar-refractivity contribution >= 4 is 5.69 Å². The van der Waals surface area contributed by atoms with E-state index in [-0.39, 0.29) is 18.2 Å². The van der Waals surface area contributed by atoms with Gasteiger partial charge in [-0.05, 0) is 24.8 Å². The summed E-state index contributed by atoms with van der Waals surface area (Å²) in [5, 5.41) is 8.65. The first kappa shape index (κ1) is 16.4. The molecular formula is C13H11F6N3. The number of rotatable bonds is 4. The minimum atomic E-state index is -4.85. The van der Waals surface area contributed by atoms with Crippen LogP contribution in [0.5, 0.6) is 0 Å². The van der Waals surface area contributed by atoms with Crippen LogP contribution in [0.3, 0.4) is 0 Å². The number of alkyl halides is 6. The third kappa shape index (κ3) is 4.26. The third-order valence-corrected chi connectivity index (χ3v) is 3.20. The van der Waals surface area contributed by atoms with Crippen LogP contribution in [0.4, 0.5) is 32.0 Å². The van der Waals surface area contributed by atoms with Crippen molar-refractivity contribution in [1.29, 1.82) is 5.26 Å². The molecule has 1 aliphatic carbocycles. The molecule has 0 amide bonds. The maximum Gasteiger partial charge on any atom is 0.419 e. The van der Waals surface area contributed by atoms with Crippen LogP contribution in [-0.4, -0.2) is 24.2 Å². The Labute approximate surface area is 122 Å². The van der Waals surface area contributed by atoms with Crippen LogP contribution in [0, 0.1) is 17.2 Å². The molecule has 2 rings (SSSR count). The molecule has 0 aromatic carbocycles. The van der Waals surface area contributed by atoms with Gasteiger partial charge in [-0.15, -0.1) is 0 Å². The third-order valence-electron chi connectivity index (χ3n) is 3.20. The Morgan fingerprint density at radius 3 is 2.32 bits per heavy atom. The van der Waals surface area contributed by atoms with Crippen molar-refractivity contribution in [2.45, 2.75) is 25.2 Å². The van der Waals surface area contributed by atoms with Crippen molar-refractivity contribution in [3.63, 3.8) is 0 Å². The van der Waals surface area contributed by atoms with E-state index in [0.717, 1.165) is 23.9 Å². The fourth-order valence-electron chi connectivity index (χ4n) is 2.02. The highest BCUT2D eigenvalue weighted by atomic mass is 19.4. The van der Waals surface area contributed by atoms with Gasteiger partial charge in [0.2, 0.25) is 0 Å². The molecule has 0 N–H and O–H groups in total. The Morgan fingerprint density at radius 2 is 1.86 bits per heavy atom. The zero-order valence-corrected chi connectivity index (χ0v) is 11.2. The molecule has 1 aromatic heterocycles. The quantitative estimate of drug-likeness (QED) is 0.792. The number of nitriles is 1. The average molecular weight is 323 g/mol. The van der Waals surface area contributed by atoms with E-state index in [9.17, 15) is 26.3 Å². The highest BCUT2D eigenvalue weighted by Gasteiger charge is 2.37. The maximum atomic E-state index is 12.9. The number of aromatic nitrogens is 1. The second kappa shape index (κ2) is 5.66. The molecule has 0 bridgehead atoms. The number of pyridine rings is 1. The molecule has 0 radical (unpaired) electrons. The van der Waals surface area contributed by atoms with E-state index in [0.29, 0.717) is 6.07 Å². The normalized spacial score (nSPS) is 15.5. The molecule has 0 unspecified atom stereocenters. The molecule has 120 valence electrons. The fourth-order valence-corrected chi connectivity index (χ4v) is 2.02. The molecule has 1 aromatic rings. The molecule has 0 saturated heterocycles. The van der Waals surface area contributed by atoms with Crippen LogP contribution in [-0.2, 0) is 6.18 Å². The Hall–Kier alpha value is -1.98. The van der Waals surface area contributed by atoms with E-state index in [4.69, 9.17) is 5.26 Å². The Kier molecular flexibility index (Phi) is 4.22. The van der Waals surface area contributed by atoms with Gasteiger partial charge in [0.1, 0.15) is 12.6 Å². The van der Waals surface area contributed by atoms with Gasteiger partial charge < -0.3 is 4.90 Å². The first-order valence-electron chi connectivity index (χ1n) is 6.39. The molecule has 1 aliphatic rings. The summed E-state index contributed by atoms with van der Waals surface area (Å²) in [6.45, 7) is -1.33. The van der Waals surface area contributed by atoms with Gasteiger partial charge >= 0.3 is 12.4 Å². The predicted octanol–water partition coefficient (Wildman–Crippen LogP) is 3.75.